The molecule has 17 heavy (non-hydrogen) atoms. The van der Waals surface area contributed by atoms with Gasteiger partial charge in [0, 0.05) is 0 Å². The Hall–Kier alpha value is 0.449. The molecule has 0 aliphatic carbocycles. The van der Waals surface area contributed by atoms with E-state index >= 15 is 0 Å². The van der Waals surface area contributed by atoms with E-state index in [2.05, 4.69) is 46.7 Å². The van der Waals surface area contributed by atoms with Crippen LogP contribution in [0, 0.1) is 0 Å². The van der Waals surface area contributed by atoms with Gasteiger partial charge in [0.25, 0.3) is 0 Å². The van der Waals surface area contributed by atoms with Gasteiger partial charge in [-0.3, -0.25) is 0 Å². The van der Waals surface area contributed by atoms with Crippen molar-refractivity contribution >= 4 is 56.6 Å². The molecule has 1 aromatic rings. The third kappa shape index (κ3) is 5.30. The van der Waals surface area contributed by atoms with Gasteiger partial charge in [-0.1, -0.05) is 0 Å². The second-order valence-electron chi connectivity index (χ2n) is 4.75. The van der Waals surface area contributed by atoms with Crippen LogP contribution in [0.3, 0.4) is 0 Å². The van der Waals surface area contributed by atoms with Gasteiger partial charge in [-0.25, -0.2) is 0 Å². The van der Waals surface area contributed by atoms with Crippen LogP contribution in [0.15, 0.2) is 30.3 Å². The van der Waals surface area contributed by atoms with E-state index in [1.54, 1.807) is 0 Å². The molecule has 5 heteroatoms. The number of rotatable bonds is 4. The minimum atomic E-state index is -2.53. The Bertz CT molecular complexity index is 376. The molecule has 1 rings (SSSR count). The van der Waals surface area contributed by atoms with Crippen LogP contribution in [-0.2, 0) is 7.87 Å². The summed E-state index contributed by atoms with van der Waals surface area (Å²) in [5.74, 6) is -0.168. The van der Waals surface area contributed by atoms with Crippen LogP contribution in [0.4, 0.5) is 0 Å². The molecule has 0 spiro atoms. The van der Waals surface area contributed by atoms with Gasteiger partial charge in [-0.15, -0.1) is 0 Å². The van der Waals surface area contributed by atoms with Crippen LogP contribution in [-0.4, -0.2) is 29.6 Å². The second kappa shape index (κ2) is 6.57. The van der Waals surface area contributed by atoms with E-state index in [-0.39, 0.29) is 15.6 Å². The average Bonchev–Trinajstić information content (AvgIpc) is 2.26. The first-order valence-electron chi connectivity index (χ1n) is 5.37. The zero-order valence-corrected chi connectivity index (χ0v) is 16.1. The topological polar surface area (TPSA) is 26.3 Å². The Labute approximate surface area is 124 Å². The molecule has 1 aromatic carbocycles. The molecule has 0 aliphatic heterocycles. The number of hydrogen-bond acceptors (Lipinski definition) is 2. The van der Waals surface area contributed by atoms with Crippen molar-refractivity contribution < 1.29 is 7.87 Å². The van der Waals surface area contributed by atoms with Crippen molar-refractivity contribution in [1.29, 1.82) is 0 Å². The second-order valence-corrected chi connectivity index (χ2v) is 19.4. The Morgan fingerprint density at radius 3 is 2.18 bits per heavy atom. The quantitative estimate of drug-likeness (QED) is 0.485. The van der Waals surface area contributed by atoms with Gasteiger partial charge in [0.1, 0.15) is 0 Å². The Balaban J connectivity index is 2.70. The first-order valence-corrected chi connectivity index (χ1v) is 16.9. The number of benzene rings is 1. The number of alkyl halides is 2. The van der Waals surface area contributed by atoms with E-state index < -0.39 is 18.8 Å². The number of halogens is 2. The minimum absolute atomic E-state index is 0.0650. The van der Waals surface area contributed by atoms with Crippen molar-refractivity contribution in [2.24, 2.45) is 0 Å². The van der Waals surface area contributed by atoms with Crippen LogP contribution in [0.2, 0.25) is 14.8 Å². The molecule has 94 valence electrons. The number of hydrogen-bond donors (Lipinski definition) is 0. The summed E-state index contributed by atoms with van der Waals surface area (Å²) < 4.78 is 5.54. The third-order valence-electron chi connectivity index (χ3n) is 2.01. The summed E-state index contributed by atoms with van der Waals surface area (Å²) in [5.41, 5.74) is 1.07. The molecule has 0 aliphatic rings. The van der Waals surface area contributed by atoms with Crippen LogP contribution in [0.5, 0.6) is 0 Å². The summed E-state index contributed by atoms with van der Waals surface area (Å²) in [6.07, 6.45) is 0. The maximum absolute atomic E-state index is 11.9. The fraction of sp³-hybridized carbons (Fsp3) is 0.417. The molecular weight excluding hydrogens is 455 g/mol. The third-order valence-corrected chi connectivity index (χ3v) is 7.00. The monoisotopic (exact) mass is 470 g/mol. The van der Waals surface area contributed by atoms with Gasteiger partial charge in [0.2, 0.25) is 0 Å². The van der Waals surface area contributed by atoms with E-state index in [1.807, 2.05) is 30.3 Å². The van der Waals surface area contributed by atoms with E-state index in [9.17, 15) is 4.79 Å². The fourth-order valence-corrected chi connectivity index (χ4v) is 4.78. The van der Waals surface area contributed by atoms with Crippen molar-refractivity contribution in [1.82, 2.24) is 0 Å². The van der Waals surface area contributed by atoms with Crippen molar-refractivity contribution in [3.05, 3.63) is 35.9 Å². The molecule has 0 amide bonds. The van der Waals surface area contributed by atoms with Crippen molar-refractivity contribution in [3.8, 4) is 0 Å². The molecule has 0 saturated heterocycles. The molecule has 2 nitrogen and oxygen atoms in total. The van der Waals surface area contributed by atoms with Gasteiger partial charge in [-0.2, -0.15) is 0 Å². The summed E-state index contributed by atoms with van der Waals surface area (Å²) in [4.78, 5) is 17.7. The van der Waals surface area contributed by atoms with Crippen molar-refractivity contribution in [3.63, 3.8) is 0 Å². The van der Waals surface area contributed by atoms with E-state index in [0.29, 0.717) is 0 Å². The number of carbonyl (C=O) groups excluding carboxylic acids is 1. The Morgan fingerprint density at radius 2 is 1.71 bits per heavy atom. The SMILES string of the molecule is [CH3][Sn]([CH3])([CH3])[O]C(=O)C(Br)C(Br)c1ccccc1. The van der Waals surface area contributed by atoms with Crippen LogP contribution in [0.1, 0.15) is 10.4 Å². The normalized spacial score (nSPS) is 15.1. The predicted molar refractivity (Wildman–Crippen MR) is 80.3 cm³/mol. The molecular formula is C12H16Br2O2Sn. The molecule has 0 aromatic heterocycles. The van der Waals surface area contributed by atoms with Gasteiger partial charge in [0.15, 0.2) is 0 Å². The maximum atomic E-state index is 11.9. The molecule has 0 saturated carbocycles. The molecule has 0 heterocycles. The molecule has 0 radical (unpaired) electrons. The van der Waals surface area contributed by atoms with Crippen molar-refractivity contribution in [2.45, 2.75) is 24.5 Å². The van der Waals surface area contributed by atoms with E-state index in [0.717, 1.165) is 5.56 Å². The van der Waals surface area contributed by atoms with Gasteiger partial charge >= 0.3 is 125 Å². The summed E-state index contributed by atoms with van der Waals surface area (Å²) >= 11 is 4.42. The summed E-state index contributed by atoms with van der Waals surface area (Å²) in [6, 6.07) is 9.84. The van der Waals surface area contributed by atoms with Crippen LogP contribution < -0.4 is 0 Å². The molecule has 2 atom stereocenters. The van der Waals surface area contributed by atoms with E-state index in [1.165, 1.54) is 0 Å². The summed E-state index contributed by atoms with van der Waals surface area (Å²) in [6.45, 7) is 0. The van der Waals surface area contributed by atoms with Crippen LogP contribution in [0.25, 0.3) is 0 Å². The Kier molecular flexibility index (Phi) is 5.99. The van der Waals surface area contributed by atoms with Crippen LogP contribution >= 0.6 is 31.9 Å². The first kappa shape index (κ1) is 15.5. The standard InChI is InChI=1S/C9H8Br2O2.3CH3.Sn/c10-7(8(11)9(12)13)6-4-2-1-3-5-6;;;;/h1-5,7-8H,(H,12,13);3*1H3;/q;;;;+1/p-1. The predicted octanol–water partition coefficient (Wildman–Crippen LogP) is 4.26. The Morgan fingerprint density at radius 1 is 1.18 bits per heavy atom. The first-order chi connectivity index (χ1) is 7.81. The van der Waals surface area contributed by atoms with Gasteiger partial charge in [-0.05, 0) is 0 Å². The fourth-order valence-electron chi connectivity index (χ4n) is 1.28. The molecule has 0 fully saturated rings. The molecule has 0 N–H and O–H groups in total. The van der Waals surface area contributed by atoms with E-state index in [4.69, 9.17) is 3.07 Å². The summed E-state index contributed by atoms with van der Waals surface area (Å²) in [5, 5.41) is 0. The average molecular weight is 471 g/mol. The summed E-state index contributed by atoms with van der Waals surface area (Å²) in [7, 11) is 0. The van der Waals surface area contributed by atoms with Gasteiger partial charge < -0.3 is 0 Å². The van der Waals surface area contributed by atoms with Gasteiger partial charge in [0.05, 0.1) is 0 Å². The van der Waals surface area contributed by atoms with Crippen molar-refractivity contribution in [2.75, 3.05) is 0 Å². The molecule has 2 unspecified atom stereocenters. The molecule has 0 bridgehead atoms. The zero-order chi connectivity index (χ0) is 13.1. The number of carbonyl (C=O) groups is 1. The zero-order valence-electron chi connectivity index (χ0n) is 10.1.